The Hall–Kier alpha value is -0.570. The van der Waals surface area contributed by atoms with Gasteiger partial charge in [0.05, 0.1) is 6.10 Å². The summed E-state index contributed by atoms with van der Waals surface area (Å²) in [6, 6.07) is 0. The predicted octanol–water partition coefficient (Wildman–Crippen LogP) is -0.0585. The number of rotatable bonds is 3. The van der Waals surface area contributed by atoms with Crippen molar-refractivity contribution in [3.05, 3.63) is 0 Å². The van der Waals surface area contributed by atoms with Crippen molar-refractivity contribution in [1.82, 2.24) is 0 Å². The Balaban J connectivity index is 2.28. The second kappa shape index (κ2) is 3.72. The van der Waals surface area contributed by atoms with Crippen LogP contribution in [-0.4, -0.2) is 18.7 Å². The van der Waals surface area contributed by atoms with Gasteiger partial charge in [0.25, 0.3) is 0 Å². The molecule has 1 aliphatic heterocycles. The number of hydrogen-bond donors (Lipinski definition) is 0. The fourth-order valence-corrected chi connectivity index (χ4v) is 1.45. The number of carbonyl (C=O) groups is 1. The van der Waals surface area contributed by atoms with Gasteiger partial charge >= 0.3 is 0 Å². The van der Waals surface area contributed by atoms with Crippen LogP contribution in [0.15, 0.2) is 0 Å². The quantitative estimate of drug-likeness (QED) is 0.576. The number of carboxylic acid groups (broad SMARTS) is 1. The lowest BCUT2D eigenvalue weighted by Crippen LogP contribution is -2.28. The maximum Gasteiger partial charge on any atom is 0.0605 e. The molecular weight excluding hydrogens is 144 g/mol. The Morgan fingerprint density at radius 1 is 1.82 bits per heavy atom. The maximum absolute atomic E-state index is 10.2. The summed E-state index contributed by atoms with van der Waals surface area (Å²) in [4.78, 5) is 10.2. The lowest BCUT2D eigenvalue weighted by Gasteiger charge is -2.18. The van der Waals surface area contributed by atoms with Gasteiger partial charge in [-0.15, -0.1) is 0 Å². The zero-order valence-corrected chi connectivity index (χ0v) is 6.71. The van der Waals surface area contributed by atoms with E-state index in [-0.39, 0.29) is 18.4 Å². The van der Waals surface area contributed by atoms with Crippen LogP contribution >= 0.6 is 0 Å². The van der Waals surface area contributed by atoms with Gasteiger partial charge in [-0.2, -0.15) is 0 Å². The number of carbonyl (C=O) groups excluding carboxylic acids is 1. The fraction of sp³-hybridized carbons (Fsp3) is 0.875. The van der Waals surface area contributed by atoms with Gasteiger partial charge in [0.2, 0.25) is 0 Å². The van der Waals surface area contributed by atoms with Gasteiger partial charge in [-0.25, -0.2) is 0 Å². The largest absolute Gasteiger partial charge is 0.550 e. The van der Waals surface area contributed by atoms with Gasteiger partial charge in [0.1, 0.15) is 0 Å². The predicted molar refractivity (Wildman–Crippen MR) is 37.8 cm³/mol. The van der Waals surface area contributed by atoms with Crippen LogP contribution in [-0.2, 0) is 9.53 Å². The van der Waals surface area contributed by atoms with Crippen molar-refractivity contribution in [1.29, 1.82) is 0 Å². The molecule has 0 saturated carbocycles. The molecule has 3 heteroatoms. The van der Waals surface area contributed by atoms with Crippen molar-refractivity contribution >= 4 is 5.97 Å². The van der Waals surface area contributed by atoms with E-state index in [1.54, 1.807) is 0 Å². The Kier molecular flexibility index (Phi) is 2.88. The number of aliphatic carboxylic acids is 1. The molecule has 0 aliphatic carbocycles. The molecule has 0 N–H and O–H groups in total. The molecule has 0 aromatic carbocycles. The van der Waals surface area contributed by atoms with Crippen LogP contribution in [0.2, 0.25) is 0 Å². The molecule has 0 unspecified atom stereocenters. The molecule has 1 fully saturated rings. The molecule has 1 rings (SSSR count). The second-order valence-corrected chi connectivity index (χ2v) is 3.10. The van der Waals surface area contributed by atoms with Crippen LogP contribution < -0.4 is 5.11 Å². The van der Waals surface area contributed by atoms with E-state index in [4.69, 9.17) is 4.74 Å². The first-order chi connectivity index (χ1) is 5.20. The summed E-state index contributed by atoms with van der Waals surface area (Å²) in [5, 5.41) is 10.2. The van der Waals surface area contributed by atoms with Gasteiger partial charge in [0, 0.05) is 12.6 Å². The number of hydrogen-bond acceptors (Lipinski definition) is 3. The van der Waals surface area contributed by atoms with Crippen molar-refractivity contribution in [2.45, 2.75) is 32.3 Å². The first-order valence-electron chi connectivity index (χ1n) is 4.01. The Labute approximate surface area is 66.4 Å². The average Bonchev–Trinajstić information content (AvgIpc) is 2.35. The molecule has 0 spiro atoms. The highest BCUT2D eigenvalue weighted by molar-refractivity contribution is 5.64. The average molecular weight is 157 g/mol. The zero-order valence-electron chi connectivity index (χ0n) is 6.71. The van der Waals surface area contributed by atoms with Gasteiger partial charge in [0.15, 0.2) is 0 Å². The molecule has 3 nitrogen and oxygen atoms in total. The Morgan fingerprint density at radius 3 is 3.00 bits per heavy atom. The minimum Gasteiger partial charge on any atom is -0.550 e. The zero-order chi connectivity index (χ0) is 8.27. The third-order valence-electron chi connectivity index (χ3n) is 2.09. The third-order valence-corrected chi connectivity index (χ3v) is 2.09. The van der Waals surface area contributed by atoms with Crippen molar-refractivity contribution in [2.24, 2.45) is 5.92 Å². The summed E-state index contributed by atoms with van der Waals surface area (Å²) in [6.07, 6.45) is 2.31. The van der Waals surface area contributed by atoms with Crippen molar-refractivity contribution in [3.8, 4) is 0 Å². The molecule has 2 atom stereocenters. The lowest BCUT2D eigenvalue weighted by molar-refractivity contribution is -0.307. The van der Waals surface area contributed by atoms with E-state index >= 15 is 0 Å². The van der Waals surface area contributed by atoms with Gasteiger partial charge in [-0.3, -0.25) is 0 Å². The smallest absolute Gasteiger partial charge is 0.0605 e. The summed E-state index contributed by atoms with van der Waals surface area (Å²) in [5.74, 6) is -0.879. The van der Waals surface area contributed by atoms with Crippen LogP contribution in [0.4, 0.5) is 0 Å². The van der Waals surface area contributed by atoms with E-state index in [1.807, 2.05) is 6.92 Å². The standard InChI is InChI=1S/C8H14O3/c1-6(5-8(9)10)7-3-2-4-11-7/h6-7H,2-5H2,1H3,(H,9,10)/p-1/t6-,7-/m0/s1. The van der Waals surface area contributed by atoms with Crippen molar-refractivity contribution in [2.75, 3.05) is 6.61 Å². The van der Waals surface area contributed by atoms with Gasteiger partial charge in [-0.05, 0) is 25.2 Å². The molecule has 11 heavy (non-hydrogen) atoms. The van der Waals surface area contributed by atoms with E-state index in [0.717, 1.165) is 19.4 Å². The monoisotopic (exact) mass is 157 g/mol. The molecule has 0 aromatic heterocycles. The van der Waals surface area contributed by atoms with Crippen molar-refractivity contribution in [3.63, 3.8) is 0 Å². The van der Waals surface area contributed by atoms with E-state index in [9.17, 15) is 9.90 Å². The van der Waals surface area contributed by atoms with E-state index in [2.05, 4.69) is 0 Å². The number of ether oxygens (including phenoxy) is 1. The Bertz CT molecular complexity index is 138. The molecule has 1 aliphatic rings. The van der Waals surface area contributed by atoms with Crippen LogP contribution in [0.3, 0.4) is 0 Å². The highest BCUT2D eigenvalue weighted by Gasteiger charge is 2.21. The topological polar surface area (TPSA) is 49.4 Å². The summed E-state index contributed by atoms with van der Waals surface area (Å²) >= 11 is 0. The molecule has 1 heterocycles. The van der Waals surface area contributed by atoms with E-state index in [0.29, 0.717) is 0 Å². The van der Waals surface area contributed by atoms with Crippen LogP contribution in [0.1, 0.15) is 26.2 Å². The summed E-state index contributed by atoms with van der Waals surface area (Å²) < 4.78 is 5.32. The SMILES string of the molecule is C[C@@H](CC(=O)[O-])[C@@H]1CCCO1. The van der Waals surface area contributed by atoms with Gasteiger partial charge < -0.3 is 14.6 Å². The number of carboxylic acids is 1. The van der Waals surface area contributed by atoms with Crippen LogP contribution in [0.5, 0.6) is 0 Å². The molecule has 0 aromatic rings. The fourth-order valence-electron chi connectivity index (χ4n) is 1.45. The first-order valence-corrected chi connectivity index (χ1v) is 4.01. The van der Waals surface area contributed by atoms with E-state index in [1.165, 1.54) is 0 Å². The van der Waals surface area contributed by atoms with E-state index < -0.39 is 5.97 Å². The highest BCUT2D eigenvalue weighted by Crippen LogP contribution is 2.21. The lowest BCUT2D eigenvalue weighted by atomic mass is 9.99. The molecule has 0 amide bonds. The van der Waals surface area contributed by atoms with Crippen LogP contribution in [0.25, 0.3) is 0 Å². The Morgan fingerprint density at radius 2 is 2.55 bits per heavy atom. The third kappa shape index (κ3) is 2.50. The maximum atomic E-state index is 10.2. The normalized spacial score (nSPS) is 26.8. The minimum atomic E-state index is -0.979. The highest BCUT2D eigenvalue weighted by atomic mass is 16.5. The first kappa shape index (κ1) is 8.53. The summed E-state index contributed by atoms with van der Waals surface area (Å²) in [6.45, 7) is 2.67. The summed E-state index contributed by atoms with van der Waals surface area (Å²) in [7, 11) is 0. The molecule has 0 radical (unpaired) electrons. The van der Waals surface area contributed by atoms with Gasteiger partial charge in [-0.1, -0.05) is 6.92 Å². The second-order valence-electron chi connectivity index (χ2n) is 3.10. The van der Waals surface area contributed by atoms with Crippen LogP contribution in [0, 0.1) is 5.92 Å². The molecule has 0 bridgehead atoms. The summed E-state index contributed by atoms with van der Waals surface area (Å²) in [5.41, 5.74) is 0. The molecule has 64 valence electrons. The molecule has 1 saturated heterocycles. The molecular formula is C8H13O3-. The minimum absolute atomic E-state index is 0.0995. The van der Waals surface area contributed by atoms with Crippen molar-refractivity contribution < 1.29 is 14.6 Å².